The number of amides is 1. The molecule has 3 N–H and O–H groups in total. The van der Waals surface area contributed by atoms with Gasteiger partial charge in [-0.15, -0.1) is 0 Å². The van der Waals surface area contributed by atoms with E-state index in [1.807, 2.05) is 12.1 Å². The lowest BCUT2D eigenvalue weighted by molar-refractivity contribution is 0.100. The van der Waals surface area contributed by atoms with Crippen LogP contribution in [-0.4, -0.2) is 11.4 Å². The predicted octanol–water partition coefficient (Wildman–Crippen LogP) is 2.00. The van der Waals surface area contributed by atoms with E-state index >= 15 is 0 Å². The van der Waals surface area contributed by atoms with Crippen molar-refractivity contribution < 1.29 is 4.79 Å². The highest BCUT2D eigenvalue weighted by Gasteiger charge is 2.09. The Kier molecular flexibility index (Phi) is 2.79. The summed E-state index contributed by atoms with van der Waals surface area (Å²) in [4.78, 5) is 10.9. The van der Waals surface area contributed by atoms with Gasteiger partial charge in [0, 0.05) is 16.8 Å². The van der Waals surface area contributed by atoms with Crippen molar-refractivity contribution in [2.75, 3.05) is 5.32 Å². The number of benzene rings is 1. The van der Waals surface area contributed by atoms with Crippen LogP contribution in [0, 0.1) is 0 Å². The highest BCUT2D eigenvalue weighted by Crippen LogP contribution is 2.15. The van der Waals surface area contributed by atoms with E-state index in [1.54, 1.807) is 12.1 Å². The Balaban J connectivity index is 2.89. The summed E-state index contributed by atoms with van der Waals surface area (Å²) in [6.45, 7) is 6.18. The standard InChI is InChI=1S/C11H16N2O/c1-11(2,3)13-9-6-4-5-8(7-9)10(12)14/h4-7,13H,1-3H3,(H2,12,14). The summed E-state index contributed by atoms with van der Waals surface area (Å²) in [5.74, 6) is -0.400. The number of hydrogen-bond donors (Lipinski definition) is 2. The minimum absolute atomic E-state index is 0.0176. The highest BCUT2D eigenvalue weighted by atomic mass is 16.1. The predicted molar refractivity (Wildman–Crippen MR) is 58.3 cm³/mol. The third-order valence-electron chi connectivity index (χ3n) is 1.67. The fourth-order valence-electron chi connectivity index (χ4n) is 1.18. The highest BCUT2D eigenvalue weighted by molar-refractivity contribution is 5.93. The number of anilines is 1. The van der Waals surface area contributed by atoms with E-state index in [-0.39, 0.29) is 5.54 Å². The summed E-state index contributed by atoms with van der Waals surface area (Å²) in [6.07, 6.45) is 0. The molecule has 3 heteroatoms. The zero-order chi connectivity index (χ0) is 10.8. The first-order valence-corrected chi connectivity index (χ1v) is 4.56. The van der Waals surface area contributed by atoms with Crippen LogP contribution in [0.2, 0.25) is 0 Å². The topological polar surface area (TPSA) is 55.1 Å². The summed E-state index contributed by atoms with van der Waals surface area (Å²) < 4.78 is 0. The van der Waals surface area contributed by atoms with Crippen molar-refractivity contribution in [1.29, 1.82) is 0 Å². The van der Waals surface area contributed by atoms with E-state index < -0.39 is 5.91 Å². The second kappa shape index (κ2) is 3.70. The van der Waals surface area contributed by atoms with E-state index in [1.165, 1.54) is 0 Å². The van der Waals surface area contributed by atoms with Crippen LogP contribution in [0.5, 0.6) is 0 Å². The molecule has 1 amide bonds. The average molecular weight is 192 g/mol. The van der Waals surface area contributed by atoms with Crippen molar-refractivity contribution in [3.63, 3.8) is 0 Å². The summed E-state index contributed by atoms with van der Waals surface area (Å²) in [6, 6.07) is 7.19. The summed E-state index contributed by atoms with van der Waals surface area (Å²) >= 11 is 0. The molecule has 0 aliphatic heterocycles. The van der Waals surface area contributed by atoms with Gasteiger partial charge in [-0.25, -0.2) is 0 Å². The Morgan fingerprint density at radius 2 is 2.00 bits per heavy atom. The Morgan fingerprint density at radius 1 is 1.36 bits per heavy atom. The van der Waals surface area contributed by atoms with E-state index in [0.717, 1.165) is 5.69 Å². The van der Waals surface area contributed by atoms with Crippen molar-refractivity contribution >= 4 is 11.6 Å². The van der Waals surface area contributed by atoms with Crippen LogP contribution in [0.4, 0.5) is 5.69 Å². The molecule has 76 valence electrons. The van der Waals surface area contributed by atoms with E-state index in [2.05, 4.69) is 26.1 Å². The second-order valence-electron chi connectivity index (χ2n) is 4.32. The molecule has 14 heavy (non-hydrogen) atoms. The molecule has 1 aromatic rings. The maximum atomic E-state index is 10.9. The maximum absolute atomic E-state index is 10.9. The number of nitrogens with one attached hydrogen (secondary N) is 1. The molecule has 0 unspecified atom stereocenters. The van der Waals surface area contributed by atoms with Crippen molar-refractivity contribution in [1.82, 2.24) is 0 Å². The monoisotopic (exact) mass is 192 g/mol. The molecule has 3 nitrogen and oxygen atoms in total. The molecule has 1 aromatic carbocycles. The van der Waals surface area contributed by atoms with Gasteiger partial charge in [0.05, 0.1) is 0 Å². The Hall–Kier alpha value is -1.51. The fraction of sp³-hybridized carbons (Fsp3) is 0.364. The van der Waals surface area contributed by atoms with Gasteiger partial charge in [-0.2, -0.15) is 0 Å². The smallest absolute Gasteiger partial charge is 0.248 e. The van der Waals surface area contributed by atoms with E-state index in [0.29, 0.717) is 5.56 Å². The lowest BCUT2D eigenvalue weighted by atomic mass is 10.1. The van der Waals surface area contributed by atoms with Gasteiger partial charge in [0.1, 0.15) is 0 Å². The van der Waals surface area contributed by atoms with Crippen LogP contribution in [0.15, 0.2) is 24.3 Å². The molecule has 0 spiro atoms. The lowest BCUT2D eigenvalue weighted by Crippen LogP contribution is -2.26. The van der Waals surface area contributed by atoms with E-state index in [9.17, 15) is 4.79 Å². The molecule has 0 radical (unpaired) electrons. The number of nitrogens with two attached hydrogens (primary N) is 1. The fourth-order valence-corrected chi connectivity index (χ4v) is 1.18. The van der Waals surface area contributed by atoms with Gasteiger partial charge < -0.3 is 11.1 Å². The normalized spacial score (nSPS) is 11.1. The SMILES string of the molecule is CC(C)(C)Nc1cccc(C(N)=O)c1. The third kappa shape index (κ3) is 3.09. The molecule has 0 aliphatic carbocycles. The molecule has 0 heterocycles. The number of primary amides is 1. The first-order valence-electron chi connectivity index (χ1n) is 4.56. The van der Waals surface area contributed by atoms with E-state index in [4.69, 9.17) is 5.73 Å². The zero-order valence-electron chi connectivity index (χ0n) is 8.79. The number of carbonyl (C=O) groups excluding carboxylic acids is 1. The molecule has 0 bridgehead atoms. The summed E-state index contributed by atoms with van der Waals surface area (Å²) in [7, 11) is 0. The second-order valence-corrected chi connectivity index (χ2v) is 4.32. The zero-order valence-corrected chi connectivity index (χ0v) is 8.79. The molecule has 0 fully saturated rings. The quantitative estimate of drug-likeness (QED) is 0.753. The van der Waals surface area contributed by atoms with Crippen LogP contribution >= 0.6 is 0 Å². The van der Waals surface area contributed by atoms with Crippen molar-refractivity contribution in [3.8, 4) is 0 Å². The molecule has 0 aliphatic rings. The van der Waals surface area contributed by atoms with Gasteiger partial charge in [-0.1, -0.05) is 6.07 Å². The molecule has 0 saturated carbocycles. The van der Waals surface area contributed by atoms with Gasteiger partial charge in [-0.3, -0.25) is 4.79 Å². The minimum Gasteiger partial charge on any atom is -0.380 e. The lowest BCUT2D eigenvalue weighted by Gasteiger charge is -2.22. The maximum Gasteiger partial charge on any atom is 0.248 e. The van der Waals surface area contributed by atoms with Gasteiger partial charge in [0.2, 0.25) is 5.91 Å². The van der Waals surface area contributed by atoms with Crippen molar-refractivity contribution in [2.45, 2.75) is 26.3 Å². The minimum atomic E-state index is -0.400. The van der Waals surface area contributed by atoms with Gasteiger partial charge in [-0.05, 0) is 39.0 Å². The van der Waals surface area contributed by atoms with Gasteiger partial charge >= 0.3 is 0 Å². The molecular weight excluding hydrogens is 176 g/mol. The number of rotatable bonds is 2. The number of carbonyl (C=O) groups is 1. The van der Waals surface area contributed by atoms with Crippen LogP contribution in [0.25, 0.3) is 0 Å². The Bertz CT molecular complexity index is 339. The Labute approximate surface area is 84.3 Å². The molecule has 0 atom stereocenters. The van der Waals surface area contributed by atoms with Gasteiger partial charge in [0.15, 0.2) is 0 Å². The van der Waals surface area contributed by atoms with Crippen LogP contribution in [0.3, 0.4) is 0 Å². The summed E-state index contributed by atoms with van der Waals surface area (Å²) in [5, 5.41) is 3.27. The molecule has 0 saturated heterocycles. The average Bonchev–Trinajstić information content (AvgIpc) is 2.01. The number of hydrogen-bond acceptors (Lipinski definition) is 2. The molecular formula is C11H16N2O. The van der Waals surface area contributed by atoms with Crippen molar-refractivity contribution in [3.05, 3.63) is 29.8 Å². The Morgan fingerprint density at radius 3 is 2.50 bits per heavy atom. The summed E-state index contributed by atoms with van der Waals surface area (Å²) in [5.41, 5.74) is 6.60. The van der Waals surface area contributed by atoms with Crippen LogP contribution in [-0.2, 0) is 0 Å². The third-order valence-corrected chi connectivity index (χ3v) is 1.67. The largest absolute Gasteiger partial charge is 0.380 e. The van der Waals surface area contributed by atoms with Crippen LogP contribution < -0.4 is 11.1 Å². The van der Waals surface area contributed by atoms with Crippen molar-refractivity contribution in [2.24, 2.45) is 5.73 Å². The van der Waals surface area contributed by atoms with Crippen LogP contribution in [0.1, 0.15) is 31.1 Å². The molecule has 1 rings (SSSR count). The molecule has 0 aromatic heterocycles. The first-order chi connectivity index (χ1) is 6.38. The first kappa shape index (κ1) is 10.6. The van der Waals surface area contributed by atoms with Gasteiger partial charge in [0.25, 0.3) is 0 Å².